The summed E-state index contributed by atoms with van der Waals surface area (Å²) in [4.78, 5) is 0. The molecule has 0 saturated heterocycles. The quantitative estimate of drug-likeness (QED) is 0.497. The van der Waals surface area contributed by atoms with Crippen LogP contribution in [0, 0.1) is 0 Å². The average Bonchev–Trinajstić information content (AvgIpc) is 2.33. The molecule has 2 nitrogen and oxygen atoms in total. The van der Waals surface area contributed by atoms with Crippen molar-refractivity contribution >= 4 is 0 Å². The van der Waals surface area contributed by atoms with Crippen molar-refractivity contribution in [1.29, 1.82) is 0 Å². The predicted molar refractivity (Wildman–Crippen MR) is 43.9 cm³/mol. The van der Waals surface area contributed by atoms with Crippen molar-refractivity contribution < 1.29 is 84.1 Å². The van der Waals surface area contributed by atoms with E-state index in [-0.39, 0.29) is 0 Å². The maximum absolute atomic E-state index is 13.3. The lowest BCUT2D eigenvalue weighted by atomic mass is 10.2. The molecule has 19 heteroatoms. The Morgan fingerprint density at radius 1 is 0.519 bits per heavy atom. The third-order valence-electron chi connectivity index (χ3n) is 2.24. The minimum atomic E-state index is -7.78. The van der Waals surface area contributed by atoms with Gasteiger partial charge in [-0.1, -0.05) is 0 Å². The summed E-state index contributed by atoms with van der Waals surface area (Å²) in [5, 5.41) is 0. The van der Waals surface area contributed by atoms with Crippen LogP contribution in [0.5, 0.6) is 0 Å². The summed E-state index contributed by atoms with van der Waals surface area (Å²) in [5.41, 5.74) is 0. The monoisotopic (exact) mass is 452 g/mol. The molecule has 0 spiro atoms. The molecular formula is C8HF17O2. The number of hydrogen-bond donors (Lipinski definition) is 0. The summed E-state index contributed by atoms with van der Waals surface area (Å²) >= 11 is 0. The normalized spacial score (nSPS) is 19.0. The molecule has 0 heterocycles. The number of hydrogen-bond acceptors (Lipinski definition) is 2. The molecule has 2 atom stereocenters. The maximum Gasteiger partial charge on any atom is 0.462 e. The number of halogens is 17. The molecule has 0 aliphatic heterocycles. The molecule has 2 unspecified atom stereocenters. The number of rotatable bonds is 6. The minimum Gasteiger partial charge on any atom is -0.272 e. The predicted octanol–water partition coefficient (Wildman–Crippen LogP) is 5.49. The molecule has 0 saturated carbocycles. The van der Waals surface area contributed by atoms with Gasteiger partial charge in [0.1, 0.15) is 0 Å². The highest BCUT2D eigenvalue weighted by Crippen LogP contribution is 2.55. The molecule has 0 fully saturated rings. The fraction of sp³-hybridized carbons (Fsp3) is 1.00. The molecule has 0 aromatic rings. The largest absolute Gasteiger partial charge is 0.462 e. The zero-order valence-electron chi connectivity index (χ0n) is 11.3. The average molecular weight is 452 g/mol. The second kappa shape index (κ2) is 6.66. The Bertz CT molecular complexity index is 514. The lowest BCUT2D eigenvalue weighted by Crippen LogP contribution is -2.66. The summed E-state index contributed by atoms with van der Waals surface area (Å²) in [7, 11) is 0. The minimum absolute atomic E-state index is 1.26. The smallest absolute Gasteiger partial charge is 0.272 e. The molecule has 0 N–H and O–H groups in total. The van der Waals surface area contributed by atoms with Gasteiger partial charge < -0.3 is 0 Å². The first-order valence-electron chi connectivity index (χ1n) is 5.38. The van der Waals surface area contributed by atoms with Crippen LogP contribution in [-0.4, -0.2) is 48.9 Å². The van der Waals surface area contributed by atoms with Gasteiger partial charge in [0, 0.05) is 0 Å². The fourth-order valence-electron chi connectivity index (χ4n) is 0.961. The Morgan fingerprint density at radius 3 is 1.15 bits per heavy atom. The van der Waals surface area contributed by atoms with Crippen molar-refractivity contribution in [1.82, 2.24) is 0 Å². The molecule has 0 rings (SSSR count). The van der Waals surface area contributed by atoms with Gasteiger partial charge in [-0.15, -0.1) is 0 Å². The van der Waals surface area contributed by atoms with Crippen molar-refractivity contribution in [2.24, 2.45) is 0 Å². The van der Waals surface area contributed by atoms with E-state index in [0.717, 1.165) is 0 Å². The second-order valence-electron chi connectivity index (χ2n) is 4.28. The molecule has 0 aliphatic carbocycles. The van der Waals surface area contributed by atoms with Gasteiger partial charge in [0.05, 0.1) is 0 Å². The maximum atomic E-state index is 13.3. The zero-order valence-corrected chi connectivity index (χ0v) is 11.3. The van der Waals surface area contributed by atoms with Crippen LogP contribution in [0.4, 0.5) is 74.6 Å². The Morgan fingerprint density at radius 2 is 0.889 bits per heavy atom. The van der Waals surface area contributed by atoms with Gasteiger partial charge in [-0.25, -0.2) is 4.39 Å². The highest BCUT2D eigenvalue weighted by atomic mass is 19.4. The Kier molecular flexibility index (Phi) is 6.35. The summed E-state index contributed by atoms with van der Waals surface area (Å²) in [5.74, 6) is -15.5. The standard InChI is InChI=1S/C8HF17O2/c9-1(2(10,11)12)26-8(24,25)4(15,6(19,20)21)27-7(22,23)3(13,14)5(16,17)18/h1H. The van der Waals surface area contributed by atoms with E-state index in [9.17, 15) is 74.6 Å². The van der Waals surface area contributed by atoms with Crippen molar-refractivity contribution in [3.63, 3.8) is 0 Å². The van der Waals surface area contributed by atoms with E-state index >= 15 is 0 Å². The van der Waals surface area contributed by atoms with Crippen LogP contribution in [0.1, 0.15) is 0 Å². The summed E-state index contributed by atoms with van der Waals surface area (Å²) in [6, 6.07) is 0. The topological polar surface area (TPSA) is 18.5 Å². The molecule has 0 amide bonds. The van der Waals surface area contributed by atoms with E-state index in [1.165, 1.54) is 4.74 Å². The van der Waals surface area contributed by atoms with Gasteiger partial charge in [0.15, 0.2) is 0 Å². The van der Waals surface area contributed by atoms with Crippen LogP contribution < -0.4 is 0 Å². The van der Waals surface area contributed by atoms with Crippen molar-refractivity contribution in [2.75, 3.05) is 0 Å². The molecule has 0 aliphatic rings. The third-order valence-corrected chi connectivity index (χ3v) is 2.24. The highest BCUT2D eigenvalue weighted by molar-refractivity contribution is 4.93. The van der Waals surface area contributed by atoms with Crippen LogP contribution >= 0.6 is 0 Å². The van der Waals surface area contributed by atoms with Gasteiger partial charge in [0.25, 0.3) is 6.36 Å². The molecular weight excluding hydrogens is 451 g/mol. The first-order chi connectivity index (χ1) is 11.3. The summed E-state index contributed by atoms with van der Waals surface area (Å²) < 4.78 is 211. The van der Waals surface area contributed by atoms with Crippen molar-refractivity contribution in [2.45, 2.75) is 48.9 Å². The van der Waals surface area contributed by atoms with Crippen molar-refractivity contribution in [3.05, 3.63) is 0 Å². The molecule has 27 heavy (non-hydrogen) atoms. The second-order valence-corrected chi connectivity index (χ2v) is 4.28. The third kappa shape index (κ3) is 4.77. The highest BCUT2D eigenvalue weighted by Gasteiger charge is 2.84. The molecule has 0 radical (unpaired) electrons. The SMILES string of the molecule is FC(OC(F)(F)C(F)(OC(F)(F)C(F)(F)C(F)(F)F)C(F)(F)F)C(F)(F)F. The molecule has 0 aromatic heterocycles. The van der Waals surface area contributed by atoms with Gasteiger partial charge in [-0.05, 0) is 0 Å². The Labute approximate surface area is 134 Å². The number of ether oxygens (including phenoxy) is 2. The van der Waals surface area contributed by atoms with Crippen LogP contribution in [0.15, 0.2) is 0 Å². The van der Waals surface area contributed by atoms with Crippen LogP contribution in [-0.2, 0) is 9.47 Å². The molecule has 164 valence electrons. The molecule has 0 aromatic carbocycles. The Hall–Kier alpha value is -1.27. The van der Waals surface area contributed by atoms with Gasteiger partial charge >= 0.3 is 42.5 Å². The van der Waals surface area contributed by atoms with E-state index < -0.39 is 48.9 Å². The fourth-order valence-corrected chi connectivity index (χ4v) is 0.961. The lowest BCUT2D eigenvalue weighted by Gasteiger charge is -2.38. The van der Waals surface area contributed by atoms with E-state index in [1.54, 1.807) is 4.74 Å². The summed E-state index contributed by atoms with van der Waals surface area (Å²) in [6.45, 7) is 0. The Balaban J connectivity index is 6.21. The van der Waals surface area contributed by atoms with Crippen LogP contribution in [0.25, 0.3) is 0 Å². The number of alkyl halides is 17. The van der Waals surface area contributed by atoms with Gasteiger partial charge in [-0.2, -0.15) is 70.2 Å². The van der Waals surface area contributed by atoms with E-state index in [4.69, 9.17) is 0 Å². The molecule has 0 bridgehead atoms. The first-order valence-corrected chi connectivity index (χ1v) is 5.38. The lowest BCUT2D eigenvalue weighted by molar-refractivity contribution is -0.543. The van der Waals surface area contributed by atoms with Crippen molar-refractivity contribution in [3.8, 4) is 0 Å². The van der Waals surface area contributed by atoms with E-state index in [0.29, 0.717) is 0 Å². The van der Waals surface area contributed by atoms with Gasteiger partial charge in [0.2, 0.25) is 0 Å². The van der Waals surface area contributed by atoms with Crippen LogP contribution in [0.3, 0.4) is 0 Å². The zero-order chi connectivity index (χ0) is 22.5. The van der Waals surface area contributed by atoms with E-state index in [1.807, 2.05) is 0 Å². The van der Waals surface area contributed by atoms with Crippen LogP contribution in [0.2, 0.25) is 0 Å². The van der Waals surface area contributed by atoms with E-state index in [2.05, 4.69) is 0 Å². The summed E-state index contributed by atoms with van der Waals surface area (Å²) in [6.07, 6.45) is -42.7. The first kappa shape index (κ1) is 25.7. The van der Waals surface area contributed by atoms with Gasteiger partial charge in [-0.3, -0.25) is 9.47 Å².